The van der Waals surface area contributed by atoms with Crippen LogP contribution >= 0.6 is 51.1 Å². The number of unbranched alkanes of at least 4 members (excludes halogenated alkanes) is 4. The number of hydrogen-bond acceptors (Lipinski definition) is 0. The van der Waals surface area contributed by atoms with Gasteiger partial charge in [-0.2, -0.15) is 13.8 Å². The average molecular weight is 1980 g/mol. The van der Waals surface area contributed by atoms with Crippen molar-refractivity contribution in [2.75, 3.05) is 0 Å². The zero-order valence-corrected chi connectivity index (χ0v) is 83.0. The van der Waals surface area contributed by atoms with Crippen molar-refractivity contribution in [3.05, 3.63) is 245 Å². The summed E-state index contributed by atoms with van der Waals surface area (Å²) in [5.74, 6) is 3.58. The van der Waals surface area contributed by atoms with Gasteiger partial charge in [-0.15, -0.1) is 18.4 Å². The van der Waals surface area contributed by atoms with Crippen LogP contribution in [0.15, 0.2) is 214 Å². The number of fused-ring (bicyclic) bond motifs is 2. The van der Waals surface area contributed by atoms with Gasteiger partial charge in [-0.05, 0) is 266 Å². The van der Waals surface area contributed by atoms with E-state index in [4.69, 9.17) is 19.4 Å². The van der Waals surface area contributed by atoms with Gasteiger partial charge >= 0.3 is 122 Å². The van der Waals surface area contributed by atoms with Crippen LogP contribution in [0.1, 0.15) is 302 Å². The SMILES string of the molecule is C1=CCCCCCC1.C1CCC([PH+](C2CCCCC2)C2CCCCC2)CC1.C1CCC([PH+](C2CCCCC2)C2CCCCC2)CC1.C=CC1CC(/C=C/CCCCCC)C([PH+](c2ccccc2)c2ccccc2)[C@@H]1[CH2-].C=[C-]C.C=[C-]C.F[B]F.[CH2-][C@@H]1C2C=CC(C2)[C@H]1[PH+](c1ccccc1)c1ccccc1.[Cl][Ru]([Cl])=[CH]c1ccccc1.[Pd+2].[Pd+2]. The minimum atomic E-state index is -1.61. The summed E-state index contributed by atoms with van der Waals surface area (Å²) in [5.41, 5.74) is 9.81. The minimum Gasteiger partial charge on any atom is 2.00 e. The molecule has 5 aromatic carbocycles. The molecule has 5 unspecified atom stereocenters. The van der Waals surface area contributed by atoms with E-state index in [1.54, 1.807) is 206 Å². The predicted molar refractivity (Wildman–Crippen MR) is 522 cm³/mol. The van der Waals surface area contributed by atoms with Gasteiger partial charge in [0.05, 0.1) is 82.3 Å². The third kappa shape index (κ3) is 38.8. The summed E-state index contributed by atoms with van der Waals surface area (Å²) in [6.45, 7) is 25.7. The van der Waals surface area contributed by atoms with Crippen LogP contribution in [0.4, 0.5) is 8.63 Å². The third-order valence-electron chi connectivity index (χ3n) is 26.7. The molecule has 8 atom stereocenters. The second-order valence-corrected chi connectivity index (χ2v) is 52.6. The molecule has 15 rings (SSSR count). The van der Waals surface area contributed by atoms with Gasteiger partial charge < -0.3 is 26.0 Å². The zero-order chi connectivity index (χ0) is 81.7. The zero-order valence-electron chi connectivity index (χ0n) is 72.7. The largest absolute Gasteiger partial charge is 2.00 e. The van der Waals surface area contributed by atoms with Crippen molar-refractivity contribution >= 4 is 84.7 Å². The molecule has 0 nitrogen and oxygen atoms in total. The van der Waals surface area contributed by atoms with Gasteiger partial charge in [-0.1, -0.05) is 193 Å². The molecule has 117 heavy (non-hydrogen) atoms. The van der Waals surface area contributed by atoms with Crippen LogP contribution in [0.25, 0.3) is 0 Å². The van der Waals surface area contributed by atoms with Crippen LogP contribution < -0.4 is 21.2 Å². The Morgan fingerprint density at radius 1 is 0.427 bits per heavy atom. The molecule has 12 heteroatoms. The predicted octanol–water partition coefficient (Wildman–Crippen LogP) is 31.4. The van der Waals surface area contributed by atoms with Crippen LogP contribution in [-0.2, 0) is 54.4 Å². The maximum atomic E-state index is 9.50. The molecule has 0 saturated heterocycles. The van der Waals surface area contributed by atoms with Gasteiger partial charge in [-0.25, -0.2) is 0 Å². The second-order valence-electron chi connectivity index (χ2n) is 34.7. The van der Waals surface area contributed by atoms with E-state index in [1.807, 2.05) is 34.9 Å². The van der Waals surface area contributed by atoms with Crippen LogP contribution in [0.3, 0.4) is 0 Å². The molecular formula is C105H156BCl2F2P4Pd2Ru+4. The summed E-state index contributed by atoms with van der Waals surface area (Å²) in [5, 5.41) is 6.09. The fourth-order valence-electron chi connectivity index (χ4n) is 21.3. The maximum Gasteiger partial charge on any atom is 2.00 e. The monoisotopic (exact) mass is 1970 g/mol. The van der Waals surface area contributed by atoms with E-state index in [0.29, 0.717) is 35.2 Å². The van der Waals surface area contributed by atoms with Gasteiger partial charge in [0.2, 0.25) is 0 Å². The first-order chi connectivity index (χ1) is 56.5. The Hall–Kier alpha value is -1.42. The van der Waals surface area contributed by atoms with Crippen molar-refractivity contribution < 1.29 is 63.0 Å². The van der Waals surface area contributed by atoms with Crippen LogP contribution in [0.2, 0.25) is 0 Å². The number of hydrogen-bond donors (Lipinski definition) is 0. The van der Waals surface area contributed by atoms with Crippen LogP contribution in [0.5, 0.6) is 0 Å². The number of rotatable bonds is 20. The third-order valence-corrected chi connectivity index (χ3v) is 44.5. The molecule has 5 aromatic rings. The Morgan fingerprint density at radius 3 is 1.03 bits per heavy atom. The summed E-state index contributed by atoms with van der Waals surface area (Å²) in [6.07, 6.45) is 86.7. The first-order valence-corrected chi connectivity index (χ1v) is 58.4. The first-order valence-electron chi connectivity index (χ1n) is 46.3. The van der Waals surface area contributed by atoms with E-state index < -0.39 is 37.2 Å². The molecule has 0 spiro atoms. The molecule has 10 aliphatic carbocycles. The molecule has 1 radical (unpaired) electrons. The quantitative estimate of drug-likeness (QED) is 0.0240. The van der Waals surface area contributed by atoms with Crippen molar-refractivity contribution in [3.8, 4) is 0 Å². The minimum absolute atomic E-state index is 0. The van der Waals surface area contributed by atoms with E-state index in [2.05, 4.69) is 217 Å². The summed E-state index contributed by atoms with van der Waals surface area (Å²) in [4.78, 5) is 0. The van der Waals surface area contributed by atoms with Crippen molar-refractivity contribution in [1.82, 2.24) is 0 Å². The second kappa shape index (κ2) is 66.1. The van der Waals surface area contributed by atoms with Gasteiger partial charge in [-0.3, -0.25) is 21.8 Å². The maximum absolute atomic E-state index is 9.50. The molecular weight excluding hydrogens is 1820 g/mol. The van der Waals surface area contributed by atoms with E-state index in [9.17, 15) is 8.63 Å². The Bertz CT molecular complexity index is 3140. The Morgan fingerprint density at radius 2 is 0.735 bits per heavy atom. The molecule has 2 bridgehead atoms. The Kier molecular flexibility index (Phi) is 59.9. The Balaban J connectivity index is 0.000000252. The van der Waals surface area contributed by atoms with Crippen LogP contribution in [-0.4, -0.2) is 57.7 Å². The van der Waals surface area contributed by atoms with E-state index >= 15 is 0 Å². The average Bonchev–Trinajstić information content (AvgIpc) is 1.61. The summed E-state index contributed by atoms with van der Waals surface area (Å²) in [7, 11) is 8.54. The standard InChI is InChI=1S/C28H36P.C20H20P.2C18H33P.C8H14.C7H6.2C3H5.BF2.2ClH.2Pd.Ru/c1-4-6-7-8-9-12-17-25-22-24(5-2)23(3)28(25)29(26-18-13-10-14-19-26)27-20-15-11-16-21-27;1-15-16-12-13-17(14-16)20(15)21(18-8-4-2-5-9-18)19-10-6-3-7-11-19;2*1-4-10-16(11-5-1)19(17-12-6-2-7-13-17)18-14-8-3-9-15-18;1-2-4-6-8-7-5-3-1;1-7-5-3-2-4-6-7;2*1-3-2;2-1-3;;;;;/h5,10-21,23-25,28H,2-4,6-9,22H2,1H3;2-13,15-17,20H,1,14H2;2*16-18H,1-15H2;1-2H,3-8H2;1-6H;2*1H2,2H3;;2*1H;;;/q2*-1;;;;;2*-1;;;;3*+2/p+2/b17-12+;;;;;;;;;;;;;/t23-,24?,25?,28?;15-,16?,17?,20+;;;;;;;;;;;;/m11............/s1. The molecule has 0 heterocycles. The van der Waals surface area contributed by atoms with E-state index in [0.717, 1.165) is 17.1 Å². The van der Waals surface area contributed by atoms with Crippen molar-refractivity contribution in [1.29, 1.82) is 0 Å². The van der Waals surface area contributed by atoms with E-state index in [1.165, 1.54) is 139 Å². The summed E-state index contributed by atoms with van der Waals surface area (Å²) >= 11 is -1.61. The first kappa shape index (κ1) is 106. The fraction of sp³-hybridized carbons (Fsp3) is 0.571. The van der Waals surface area contributed by atoms with Crippen molar-refractivity contribution in [2.24, 2.45) is 35.5 Å². The fourth-order valence-corrected chi connectivity index (χ4v) is 40.7. The molecule has 651 valence electrons. The van der Waals surface area contributed by atoms with Crippen LogP contribution in [0, 0.1) is 61.5 Å². The number of halogens is 4. The smallest absolute Gasteiger partial charge is 2.00 e. The van der Waals surface area contributed by atoms with Crippen molar-refractivity contribution in [3.63, 3.8) is 0 Å². The topological polar surface area (TPSA) is 0 Å². The molecule has 0 amide bonds. The molecule has 10 aliphatic rings. The molecule has 0 aromatic heterocycles. The van der Waals surface area contributed by atoms with Gasteiger partial charge in [0.1, 0.15) is 0 Å². The number of benzene rings is 5. The molecule has 8 fully saturated rings. The normalized spacial score (nSPS) is 23.6. The van der Waals surface area contributed by atoms with Gasteiger partial charge in [0.25, 0.3) is 0 Å². The Labute approximate surface area is 763 Å². The van der Waals surface area contributed by atoms with Gasteiger partial charge in [0, 0.05) is 27.7 Å². The van der Waals surface area contributed by atoms with Crippen molar-refractivity contribution in [2.45, 2.75) is 342 Å². The molecule has 8 saturated carbocycles. The molecule has 0 aliphatic heterocycles. The summed E-state index contributed by atoms with van der Waals surface area (Å²) in [6, 6.07) is 54.5. The van der Waals surface area contributed by atoms with Gasteiger partial charge in [0.15, 0.2) is 0 Å². The summed E-state index contributed by atoms with van der Waals surface area (Å²) < 4.78 is 20.9. The number of allylic oxidation sites excluding steroid dienone is 9. The van der Waals surface area contributed by atoms with E-state index in [-0.39, 0.29) is 56.7 Å². The molecule has 0 N–H and O–H groups in total.